The van der Waals surface area contributed by atoms with E-state index < -0.39 is 11.8 Å². The first kappa shape index (κ1) is 12.3. The Morgan fingerprint density at radius 3 is 2.81 bits per heavy atom. The van der Waals surface area contributed by atoms with Crippen LogP contribution in [0.25, 0.3) is 0 Å². The largest absolute Gasteiger partial charge is 0.469 e. The van der Waals surface area contributed by atoms with Gasteiger partial charge in [0.1, 0.15) is 5.76 Å². The molecule has 1 aromatic rings. The maximum atomic E-state index is 11.1. The first-order valence-electron chi connectivity index (χ1n) is 4.97. The number of nitrogens with two attached hydrogens (primary N) is 1. The van der Waals surface area contributed by atoms with Gasteiger partial charge in [0.15, 0.2) is 0 Å². The molecular formula is C10H15N3O3. The first-order chi connectivity index (χ1) is 7.63. The molecule has 1 rings (SSSR count). The van der Waals surface area contributed by atoms with E-state index in [1.165, 1.54) is 0 Å². The topological polar surface area (TPSA) is 97.4 Å². The van der Waals surface area contributed by atoms with Gasteiger partial charge in [-0.1, -0.05) is 0 Å². The molecule has 0 fully saturated rings. The fourth-order valence-electron chi connectivity index (χ4n) is 1.24. The minimum atomic E-state index is -0.843. The van der Waals surface area contributed by atoms with E-state index in [0.717, 1.165) is 5.76 Å². The molecule has 1 aromatic heterocycles. The molecule has 16 heavy (non-hydrogen) atoms. The third-order valence-corrected chi connectivity index (χ3v) is 2.12. The fraction of sp³-hybridized carbons (Fsp3) is 0.400. The Labute approximate surface area is 93.1 Å². The highest BCUT2D eigenvalue weighted by molar-refractivity contribution is 6.34. The summed E-state index contributed by atoms with van der Waals surface area (Å²) >= 11 is 0. The molecule has 0 radical (unpaired) electrons. The van der Waals surface area contributed by atoms with Gasteiger partial charge in [-0.25, -0.2) is 5.84 Å². The summed E-state index contributed by atoms with van der Waals surface area (Å²) in [7, 11) is 0. The van der Waals surface area contributed by atoms with Crippen molar-refractivity contribution in [1.82, 2.24) is 10.7 Å². The number of furan rings is 1. The molecular weight excluding hydrogens is 210 g/mol. The Morgan fingerprint density at radius 2 is 2.25 bits per heavy atom. The van der Waals surface area contributed by atoms with Gasteiger partial charge in [0.25, 0.3) is 0 Å². The molecule has 88 valence electrons. The van der Waals surface area contributed by atoms with Gasteiger partial charge in [0, 0.05) is 12.5 Å². The van der Waals surface area contributed by atoms with Gasteiger partial charge in [-0.2, -0.15) is 0 Å². The van der Waals surface area contributed by atoms with E-state index in [1.807, 2.05) is 13.0 Å². The number of hydrazine groups is 1. The van der Waals surface area contributed by atoms with E-state index in [9.17, 15) is 9.59 Å². The molecule has 6 nitrogen and oxygen atoms in total. The average molecular weight is 225 g/mol. The maximum Gasteiger partial charge on any atom is 0.323 e. The Hall–Kier alpha value is -1.82. The lowest BCUT2D eigenvalue weighted by atomic mass is 10.1. The molecule has 0 saturated heterocycles. The molecule has 2 amide bonds. The first-order valence-corrected chi connectivity index (χ1v) is 4.97. The summed E-state index contributed by atoms with van der Waals surface area (Å²) < 4.78 is 5.15. The Kier molecular flexibility index (Phi) is 4.53. The zero-order chi connectivity index (χ0) is 12.0. The lowest BCUT2D eigenvalue weighted by molar-refractivity contribution is -0.139. The molecule has 4 N–H and O–H groups in total. The van der Waals surface area contributed by atoms with Crippen LogP contribution in [0.3, 0.4) is 0 Å². The predicted molar refractivity (Wildman–Crippen MR) is 57.0 cm³/mol. The van der Waals surface area contributed by atoms with Gasteiger partial charge in [-0.05, 0) is 25.5 Å². The van der Waals surface area contributed by atoms with Gasteiger partial charge in [-0.15, -0.1) is 0 Å². The maximum absolute atomic E-state index is 11.1. The number of nitrogens with one attached hydrogen (secondary N) is 2. The summed E-state index contributed by atoms with van der Waals surface area (Å²) in [5, 5.41) is 2.52. The molecule has 6 heteroatoms. The highest BCUT2D eigenvalue weighted by atomic mass is 16.3. The van der Waals surface area contributed by atoms with E-state index in [4.69, 9.17) is 10.3 Å². The molecule has 1 unspecified atom stereocenters. The minimum Gasteiger partial charge on any atom is -0.469 e. The molecule has 0 aliphatic carbocycles. The van der Waals surface area contributed by atoms with Crippen LogP contribution < -0.4 is 16.6 Å². The van der Waals surface area contributed by atoms with Crippen molar-refractivity contribution >= 4 is 11.8 Å². The number of carbonyl (C=O) groups excluding carboxylic acids is 2. The molecule has 0 aliphatic heterocycles. The highest BCUT2D eigenvalue weighted by Crippen LogP contribution is 2.05. The van der Waals surface area contributed by atoms with Crippen molar-refractivity contribution in [2.24, 2.45) is 5.84 Å². The van der Waals surface area contributed by atoms with Gasteiger partial charge in [-0.3, -0.25) is 15.0 Å². The summed E-state index contributed by atoms with van der Waals surface area (Å²) in [6.07, 6.45) is 3.00. The summed E-state index contributed by atoms with van der Waals surface area (Å²) in [4.78, 5) is 21.9. The second kappa shape index (κ2) is 5.92. The lowest BCUT2D eigenvalue weighted by Crippen LogP contribution is -2.46. The number of carbonyl (C=O) groups is 2. The van der Waals surface area contributed by atoms with Gasteiger partial charge < -0.3 is 9.73 Å². The van der Waals surface area contributed by atoms with Crippen LogP contribution in [-0.2, 0) is 16.0 Å². The van der Waals surface area contributed by atoms with Crippen molar-refractivity contribution in [3.8, 4) is 0 Å². The normalized spacial score (nSPS) is 11.9. The number of hydrogen-bond donors (Lipinski definition) is 3. The summed E-state index contributed by atoms with van der Waals surface area (Å²) in [5.74, 6) is 4.11. The third-order valence-electron chi connectivity index (χ3n) is 2.12. The Bertz CT molecular complexity index is 348. The number of hydrogen-bond acceptors (Lipinski definition) is 4. The predicted octanol–water partition coefficient (Wildman–Crippen LogP) is -0.293. The van der Waals surface area contributed by atoms with Gasteiger partial charge in [0.2, 0.25) is 0 Å². The standard InChI is InChI=1S/C10H15N3O3/c1-7(12-9(14)10(15)13-11)4-5-8-3-2-6-16-8/h2-3,6-7H,4-5,11H2,1H3,(H,12,14)(H,13,15). The van der Waals surface area contributed by atoms with E-state index in [2.05, 4.69) is 5.32 Å². The smallest absolute Gasteiger partial charge is 0.323 e. The van der Waals surface area contributed by atoms with E-state index >= 15 is 0 Å². The van der Waals surface area contributed by atoms with Crippen LogP contribution in [-0.4, -0.2) is 17.9 Å². The van der Waals surface area contributed by atoms with Gasteiger partial charge in [0.05, 0.1) is 6.26 Å². The van der Waals surface area contributed by atoms with Gasteiger partial charge >= 0.3 is 11.8 Å². The second-order valence-electron chi connectivity index (χ2n) is 3.47. The lowest BCUT2D eigenvalue weighted by Gasteiger charge is -2.11. The third kappa shape index (κ3) is 3.74. The van der Waals surface area contributed by atoms with E-state index in [1.54, 1.807) is 17.8 Å². The molecule has 1 atom stereocenters. The Balaban J connectivity index is 2.28. The highest BCUT2D eigenvalue weighted by Gasteiger charge is 2.14. The monoisotopic (exact) mass is 225 g/mol. The zero-order valence-corrected chi connectivity index (χ0v) is 9.03. The van der Waals surface area contributed by atoms with Crippen molar-refractivity contribution < 1.29 is 14.0 Å². The number of rotatable bonds is 4. The van der Waals surface area contributed by atoms with Crippen LogP contribution in [0.1, 0.15) is 19.1 Å². The second-order valence-corrected chi connectivity index (χ2v) is 3.47. The average Bonchev–Trinajstić information content (AvgIpc) is 2.78. The number of aryl methyl sites for hydroxylation is 1. The van der Waals surface area contributed by atoms with Crippen molar-refractivity contribution in [1.29, 1.82) is 0 Å². The number of amides is 2. The van der Waals surface area contributed by atoms with Crippen molar-refractivity contribution in [2.75, 3.05) is 0 Å². The molecule has 0 spiro atoms. The summed E-state index contributed by atoms with van der Waals surface area (Å²) in [6.45, 7) is 1.81. The molecule has 0 aliphatic rings. The van der Waals surface area contributed by atoms with E-state index in [0.29, 0.717) is 12.8 Å². The quantitative estimate of drug-likeness (QED) is 0.284. The SMILES string of the molecule is CC(CCc1ccco1)NC(=O)C(=O)NN. The summed E-state index contributed by atoms with van der Waals surface area (Å²) in [5.41, 5.74) is 1.77. The van der Waals surface area contributed by atoms with E-state index in [-0.39, 0.29) is 6.04 Å². The minimum absolute atomic E-state index is 0.116. The molecule has 1 heterocycles. The van der Waals surface area contributed by atoms with Crippen LogP contribution in [0.5, 0.6) is 0 Å². The fourth-order valence-corrected chi connectivity index (χ4v) is 1.24. The molecule has 0 saturated carbocycles. The van der Waals surface area contributed by atoms with Crippen molar-refractivity contribution in [3.63, 3.8) is 0 Å². The van der Waals surface area contributed by atoms with Crippen molar-refractivity contribution in [3.05, 3.63) is 24.2 Å². The van der Waals surface area contributed by atoms with Crippen molar-refractivity contribution in [2.45, 2.75) is 25.8 Å². The van der Waals surface area contributed by atoms with Crippen LogP contribution in [0.15, 0.2) is 22.8 Å². The molecule has 0 bridgehead atoms. The van der Waals surface area contributed by atoms with Crippen LogP contribution in [0.4, 0.5) is 0 Å². The Morgan fingerprint density at radius 1 is 1.50 bits per heavy atom. The van der Waals surface area contributed by atoms with Crippen LogP contribution >= 0.6 is 0 Å². The van der Waals surface area contributed by atoms with Crippen LogP contribution in [0, 0.1) is 0 Å². The zero-order valence-electron chi connectivity index (χ0n) is 9.03. The van der Waals surface area contributed by atoms with Crippen LogP contribution in [0.2, 0.25) is 0 Å². The summed E-state index contributed by atoms with van der Waals surface area (Å²) in [6, 6.07) is 3.55. The molecule has 0 aromatic carbocycles.